The van der Waals surface area contributed by atoms with Gasteiger partial charge in [-0.25, -0.2) is 0 Å². The van der Waals surface area contributed by atoms with E-state index in [1.165, 1.54) is 17.3 Å². The first-order valence-corrected chi connectivity index (χ1v) is 14.1. The number of carbonyl (C=O) groups excluding carboxylic acids is 1. The minimum atomic E-state index is -1.83. The molecule has 0 aromatic rings. The summed E-state index contributed by atoms with van der Waals surface area (Å²) in [4.78, 5) is 13.1. The molecule has 0 amide bonds. The van der Waals surface area contributed by atoms with Crippen molar-refractivity contribution in [1.82, 2.24) is 0 Å². The molecule has 1 aliphatic carbocycles. The van der Waals surface area contributed by atoms with Crippen molar-refractivity contribution in [2.45, 2.75) is 104 Å². The fraction of sp³-hybridized carbons (Fsp3) is 0.783. The second kappa shape index (κ2) is 9.34. The van der Waals surface area contributed by atoms with Crippen molar-refractivity contribution in [1.29, 1.82) is 0 Å². The number of carbonyl (C=O) groups is 1. The van der Waals surface area contributed by atoms with Gasteiger partial charge >= 0.3 is 0 Å². The Balaban J connectivity index is 3.06. The van der Waals surface area contributed by atoms with E-state index in [2.05, 4.69) is 80.6 Å². The molecule has 0 fully saturated rings. The van der Waals surface area contributed by atoms with Crippen molar-refractivity contribution >= 4 is 25.2 Å². The van der Waals surface area contributed by atoms with Gasteiger partial charge in [0.2, 0.25) is 8.32 Å². The van der Waals surface area contributed by atoms with Crippen LogP contribution < -0.4 is 0 Å². The Labute approximate surface area is 173 Å². The summed E-state index contributed by atoms with van der Waals surface area (Å²) in [5, 5.41) is 0.523. The molecule has 0 aliphatic heterocycles. The molecule has 1 aliphatic rings. The van der Waals surface area contributed by atoms with E-state index in [0.717, 1.165) is 31.4 Å². The highest BCUT2D eigenvalue weighted by molar-refractivity contribution is 8.14. The molecule has 2 atom stereocenters. The van der Waals surface area contributed by atoms with Gasteiger partial charge in [-0.15, -0.1) is 0 Å². The second-order valence-corrected chi connectivity index (χ2v) is 17.3. The number of thioether (sulfide) groups is 1. The molecule has 156 valence electrons. The van der Waals surface area contributed by atoms with E-state index in [1.54, 1.807) is 0 Å². The minimum Gasteiger partial charge on any atom is -0.547 e. The van der Waals surface area contributed by atoms with Crippen LogP contribution in [0.3, 0.4) is 0 Å². The Morgan fingerprint density at radius 1 is 1.26 bits per heavy atom. The topological polar surface area (TPSA) is 26.3 Å². The Morgan fingerprint density at radius 3 is 2.33 bits per heavy atom. The Kier molecular flexibility index (Phi) is 8.50. The van der Waals surface area contributed by atoms with E-state index < -0.39 is 8.32 Å². The van der Waals surface area contributed by atoms with Crippen molar-refractivity contribution in [3.05, 3.63) is 23.5 Å². The summed E-state index contributed by atoms with van der Waals surface area (Å²) in [6.45, 7) is 22.0. The van der Waals surface area contributed by atoms with E-state index in [0.29, 0.717) is 5.12 Å². The van der Waals surface area contributed by atoms with E-state index >= 15 is 0 Å². The number of hydrogen-bond donors (Lipinski definition) is 0. The standard InChI is InChI=1S/C23H42O2SSi/c1-17(2)14-15-20(21(24)26-22(3,4)5)18-12-11-13-19(16-18)25-27(9,10)23(6,7)8/h14,16,18,20H,11-13,15H2,1-10H3/t18-,20-/m1/s1. The van der Waals surface area contributed by atoms with E-state index in [9.17, 15) is 4.79 Å². The summed E-state index contributed by atoms with van der Waals surface area (Å²) in [6.07, 6.45) is 8.57. The molecule has 27 heavy (non-hydrogen) atoms. The van der Waals surface area contributed by atoms with Crippen molar-refractivity contribution < 1.29 is 9.22 Å². The van der Waals surface area contributed by atoms with Crippen LogP contribution in [0.4, 0.5) is 0 Å². The average molecular weight is 411 g/mol. The molecule has 0 saturated heterocycles. The van der Waals surface area contributed by atoms with Gasteiger partial charge in [0.1, 0.15) is 0 Å². The molecule has 0 unspecified atom stereocenters. The first-order valence-electron chi connectivity index (χ1n) is 10.4. The molecule has 0 saturated carbocycles. The van der Waals surface area contributed by atoms with Gasteiger partial charge in [0.25, 0.3) is 0 Å². The molecule has 0 spiro atoms. The summed E-state index contributed by atoms with van der Waals surface area (Å²) in [6, 6.07) is 0. The molecular formula is C23H42O2SSi. The van der Waals surface area contributed by atoms with Crippen molar-refractivity contribution in [2.75, 3.05) is 0 Å². The van der Waals surface area contributed by atoms with E-state index in [-0.39, 0.29) is 21.6 Å². The largest absolute Gasteiger partial charge is 0.547 e. The molecule has 0 aromatic carbocycles. The van der Waals surface area contributed by atoms with Crippen molar-refractivity contribution in [3.8, 4) is 0 Å². The first-order chi connectivity index (χ1) is 12.1. The molecule has 0 bridgehead atoms. The van der Waals surface area contributed by atoms with Gasteiger partial charge < -0.3 is 4.43 Å². The molecule has 0 N–H and O–H groups in total. The second-order valence-electron chi connectivity index (χ2n) is 10.7. The summed E-state index contributed by atoms with van der Waals surface area (Å²) in [7, 11) is -1.83. The summed E-state index contributed by atoms with van der Waals surface area (Å²) < 4.78 is 6.55. The minimum absolute atomic E-state index is 0.0425. The van der Waals surface area contributed by atoms with Crippen LogP contribution in [0, 0.1) is 11.8 Å². The van der Waals surface area contributed by atoms with Gasteiger partial charge in [-0.2, -0.15) is 0 Å². The Hall–Kier alpha value is -0.483. The van der Waals surface area contributed by atoms with Crippen molar-refractivity contribution in [2.24, 2.45) is 11.8 Å². The normalized spacial score (nSPS) is 19.9. The maximum atomic E-state index is 13.1. The summed E-state index contributed by atoms with van der Waals surface area (Å²) in [5.41, 5.74) is 1.28. The van der Waals surface area contributed by atoms with Gasteiger partial charge in [0, 0.05) is 17.1 Å². The zero-order valence-electron chi connectivity index (χ0n) is 19.4. The Morgan fingerprint density at radius 2 is 1.85 bits per heavy atom. The Bertz CT molecular complexity index is 572. The molecule has 2 nitrogen and oxygen atoms in total. The lowest BCUT2D eigenvalue weighted by molar-refractivity contribution is -0.115. The molecule has 1 rings (SSSR count). The lowest BCUT2D eigenvalue weighted by atomic mass is 9.82. The summed E-state index contributed by atoms with van der Waals surface area (Å²) in [5.74, 6) is 1.47. The third-order valence-electron chi connectivity index (χ3n) is 5.56. The summed E-state index contributed by atoms with van der Waals surface area (Å²) >= 11 is 1.50. The quantitative estimate of drug-likeness (QED) is 0.331. The van der Waals surface area contributed by atoms with Crippen LogP contribution in [0.15, 0.2) is 23.5 Å². The predicted molar refractivity (Wildman–Crippen MR) is 124 cm³/mol. The molecule has 0 aromatic heterocycles. The van der Waals surface area contributed by atoms with Crippen LogP contribution in [0.25, 0.3) is 0 Å². The van der Waals surface area contributed by atoms with Crippen LogP contribution in [0.5, 0.6) is 0 Å². The van der Waals surface area contributed by atoms with Crippen LogP contribution in [-0.2, 0) is 9.22 Å². The van der Waals surface area contributed by atoms with Gasteiger partial charge in [-0.05, 0) is 63.2 Å². The zero-order chi connectivity index (χ0) is 21.0. The highest BCUT2D eigenvalue weighted by Gasteiger charge is 2.40. The fourth-order valence-corrected chi connectivity index (χ4v) is 5.14. The van der Waals surface area contributed by atoms with Crippen LogP contribution in [0.1, 0.15) is 81.1 Å². The molecule has 0 heterocycles. The predicted octanol–water partition coefficient (Wildman–Crippen LogP) is 7.72. The van der Waals surface area contributed by atoms with Crippen LogP contribution in [-0.4, -0.2) is 18.2 Å². The number of rotatable bonds is 6. The molecular weight excluding hydrogens is 368 g/mol. The SMILES string of the molecule is CC(C)=CC[C@@H](C(=O)SC(C)(C)C)[C@H]1C=C(O[Si](C)(C)C(C)(C)C)CCC1. The lowest BCUT2D eigenvalue weighted by Gasteiger charge is -2.39. The van der Waals surface area contributed by atoms with Gasteiger partial charge in [-0.1, -0.05) is 65.0 Å². The van der Waals surface area contributed by atoms with Gasteiger partial charge in [-0.3, -0.25) is 4.79 Å². The number of allylic oxidation sites excluding steroid dienone is 4. The third kappa shape index (κ3) is 8.19. The maximum Gasteiger partial charge on any atom is 0.250 e. The average Bonchev–Trinajstić information content (AvgIpc) is 2.43. The van der Waals surface area contributed by atoms with E-state index in [4.69, 9.17) is 4.43 Å². The van der Waals surface area contributed by atoms with Crippen LogP contribution >= 0.6 is 11.8 Å². The third-order valence-corrected chi connectivity index (χ3v) is 11.1. The highest BCUT2D eigenvalue weighted by atomic mass is 32.2. The zero-order valence-corrected chi connectivity index (χ0v) is 21.2. The monoisotopic (exact) mass is 410 g/mol. The lowest BCUT2D eigenvalue weighted by Crippen LogP contribution is -2.41. The highest BCUT2D eigenvalue weighted by Crippen LogP contribution is 2.41. The van der Waals surface area contributed by atoms with Crippen molar-refractivity contribution in [3.63, 3.8) is 0 Å². The van der Waals surface area contributed by atoms with Gasteiger partial charge in [0.05, 0.1) is 5.76 Å². The first kappa shape index (κ1) is 24.6. The molecule has 4 heteroatoms. The molecule has 0 radical (unpaired) electrons. The fourth-order valence-electron chi connectivity index (χ4n) is 2.99. The number of hydrogen-bond acceptors (Lipinski definition) is 3. The van der Waals surface area contributed by atoms with Crippen LogP contribution in [0.2, 0.25) is 18.1 Å². The van der Waals surface area contributed by atoms with E-state index in [1.807, 2.05) is 0 Å². The van der Waals surface area contributed by atoms with Gasteiger partial charge in [0.15, 0.2) is 5.12 Å². The smallest absolute Gasteiger partial charge is 0.250 e. The maximum absolute atomic E-state index is 13.1.